The van der Waals surface area contributed by atoms with Crippen molar-refractivity contribution in [3.8, 4) is 0 Å². The Morgan fingerprint density at radius 1 is 1.06 bits per heavy atom. The van der Waals surface area contributed by atoms with Crippen LogP contribution in [0.5, 0.6) is 0 Å². The molecule has 0 aromatic carbocycles. The maximum absolute atomic E-state index is 4.73. The minimum Gasteiger partial charge on any atom is -0.364 e. The van der Waals surface area contributed by atoms with Crippen LogP contribution in [-0.4, -0.2) is 5.16 Å². The minimum absolute atomic E-state index is 0.896. The lowest BCUT2D eigenvalue weighted by Gasteiger charge is -1.90. The topological polar surface area (TPSA) is 26.0 Å². The van der Waals surface area contributed by atoms with Crippen LogP contribution in [0, 0.1) is 0 Å². The molecule has 2 heteroatoms. The van der Waals surface area contributed by atoms with Crippen molar-refractivity contribution in [3.05, 3.63) is 35.7 Å². The van der Waals surface area contributed by atoms with Crippen molar-refractivity contribution in [2.75, 3.05) is 0 Å². The summed E-state index contributed by atoms with van der Waals surface area (Å²) in [6.07, 6.45) is 5.67. The van der Waals surface area contributed by atoms with E-state index in [1.807, 2.05) is 46.8 Å². The highest BCUT2D eigenvalue weighted by Crippen LogP contribution is 2.10. The molecule has 0 atom stereocenters. The summed E-state index contributed by atoms with van der Waals surface area (Å²) in [6, 6.07) is 1.85. The molecule has 0 unspecified atom stereocenters. The number of hydrogen-bond donors (Lipinski definition) is 0. The molecule has 0 aliphatic heterocycles. The second-order valence-corrected chi connectivity index (χ2v) is 2.98. The van der Waals surface area contributed by atoms with Crippen molar-refractivity contribution < 1.29 is 4.52 Å². The first-order chi connectivity index (χ1) is 7.70. The lowest BCUT2D eigenvalue weighted by Crippen LogP contribution is -1.76. The SMILES string of the molecule is CC.CC.CC(C)=C/C=C(\C)c1ccon1. The smallest absolute Gasteiger partial charge is 0.124 e. The van der Waals surface area contributed by atoms with Crippen LogP contribution in [0.2, 0.25) is 0 Å². The summed E-state index contributed by atoms with van der Waals surface area (Å²) in [5.41, 5.74) is 3.29. The molecule has 0 bridgehead atoms. The van der Waals surface area contributed by atoms with Crippen molar-refractivity contribution in [2.24, 2.45) is 0 Å². The van der Waals surface area contributed by atoms with Crippen LogP contribution < -0.4 is 0 Å². The van der Waals surface area contributed by atoms with E-state index in [4.69, 9.17) is 4.52 Å². The van der Waals surface area contributed by atoms with Crippen molar-refractivity contribution >= 4 is 5.57 Å². The molecule has 1 rings (SSSR count). The molecular weight excluding hydrogens is 198 g/mol. The molecular formula is C14H25NO. The molecule has 1 heterocycles. The van der Waals surface area contributed by atoms with Gasteiger partial charge < -0.3 is 4.52 Å². The molecule has 1 aromatic heterocycles. The first-order valence-corrected chi connectivity index (χ1v) is 5.92. The fraction of sp³-hybridized carbons (Fsp3) is 0.500. The lowest BCUT2D eigenvalue weighted by molar-refractivity contribution is 0.417. The van der Waals surface area contributed by atoms with E-state index in [2.05, 4.69) is 25.1 Å². The Hall–Kier alpha value is -1.31. The predicted octanol–water partition coefficient (Wildman–Crippen LogP) is 5.10. The average molecular weight is 223 g/mol. The van der Waals surface area contributed by atoms with Crippen LogP contribution in [0.4, 0.5) is 0 Å². The minimum atomic E-state index is 0.896. The number of hydrogen-bond acceptors (Lipinski definition) is 2. The number of nitrogens with zero attached hydrogens (tertiary/aromatic N) is 1. The maximum Gasteiger partial charge on any atom is 0.124 e. The number of allylic oxidation sites excluding steroid dienone is 4. The van der Waals surface area contributed by atoms with Crippen LogP contribution in [-0.2, 0) is 0 Å². The van der Waals surface area contributed by atoms with Gasteiger partial charge in [0.15, 0.2) is 0 Å². The molecule has 1 aromatic rings. The van der Waals surface area contributed by atoms with Gasteiger partial charge in [-0.05, 0) is 26.3 Å². The summed E-state index contributed by atoms with van der Waals surface area (Å²) in [5, 5.41) is 3.82. The highest BCUT2D eigenvalue weighted by Gasteiger charge is 1.95. The summed E-state index contributed by atoms with van der Waals surface area (Å²) in [6.45, 7) is 14.1. The quantitative estimate of drug-likeness (QED) is 0.652. The Labute approximate surface area is 100 Å². The van der Waals surface area contributed by atoms with Gasteiger partial charge in [-0.1, -0.05) is 50.6 Å². The predicted molar refractivity (Wildman–Crippen MR) is 72.3 cm³/mol. The van der Waals surface area contributed by atoms with Crippen LogP contribution >= 0.6 is 0 Å². The van der Waals surface area contributed by atoms with E-state index in [-0.39, 0.29) is 0 Å². The molecule has 0 saturated carbocycles. The molecule has 16 heavy (non-hydrogen) atoms. The third-order valence-corrected chi connectivity index (χ3v) is 1.51. The Balaban J connectivity index is 0. The zero-order valence-corrected chi connectivity index (χ0v) is 11.7. The summed E-state index contributed by atoms with van der Waals surface area (Å²) >= 11 is 0. The molecule has 0 amide bonds. The monoisotopic (exact) mass is 223 g/mol. The summed E-state index contributed by atoms with van der Waals surface area (Å²) in [5.74, 6) is 0. The molecule has 0 radical (unpaired) electrons. The van der Waals surface area contributed by atoms with Gasteiger partial charge in [0.2, 0.25) is 0 Å². The molecule has 0 aliphatic rings. The van der Waals surface area contributed by atoms with E-state index in [1.54, 1.807) is 6.26 Å². The number of aromatic nitrogens is 1. The molecule has 0 fully saturated rings. The van der Waals surface area contributed by atoms with Crippen LogP contribution in [0.3, 0.4) is 0 Å². The summed E-state index contributed by atoms with van der Waals surface area (Å²) in [4.78, 5) is 0. The van der Waals surface area contributed by atoms with E-state index >= 15 is 0 Å². The van der Waals surface area contributed by atoms with Gasteiger partial charge >= 0.3 is 0 Å². The molecule has 0 spiro atoms. The van der Waals surface area contributed by atoms with Gasteiger partial charge in [0.05, 0.1) is 0 Å². The van der Waals surface area contributed by atoms with Gasteiger partial charge in [-0.15, -0.1) is 0 Å². The van der Waals surface area contributed by atoms with E-state index < -0.39 is 0 Å². The lowest BCUT2D eigenvalue weighted by atomic mass is 10.2. The maximum atomic E-state index is 4.73. The zero-order valence-electron chi connectivity index (χ0n) is 11.7. The van der Waals surface area contributed by atoms with Gasteiger partial charge in [-0.3, -0.25) is 0 Å². The van der Waals surface area contributed by atoms with Crippen LogP contribution in [0.15, 0.2) is 34.6 Å². The summed E-state index contributed by atoms with van der Waals surface area (Å²) in [7, 11) is 0. The van der Waals surface area contributed by atoms with Crippen molar-refractivity contribution in [1.29, 1.82) is 0 Å². The van der Waals surface area contributed by atoms with Gasteiger partial charge in [-0.25, -0.2) is 0 Å². The Morgan fingerprint density at radius 2 is 1.62 bits per heavy atom. The first-order valence-electron chi connectivity index (χ1n) is 5.92. The average Bonchev–Trinajstić information content (AvgIpc) is 2.85. The third kappa shape index (κ3) is 8.04. The molecule has 0 saturated heterocycles. The van der Waals surface area contributed by atoms with Gasteiger partial charge in [0.25, 0.3) is 0 Å². The zero-order chi connectivity index (χ0) is 13.0. The van der Waals surface area contributed by atoms with E-state index in [1.165, 1.54) is 5.57 Å². The largest absolute Gasteiger partial charge is 0.364 e. The van der Waals surface area contributed by atoms with Gasteiger partial charge in [-0.2, -0.15) is 0 Å². The fourth-order valence-electron chi connectivity index (χ4n) is 0.793. The fourth-order valence-corrected chi connectivity index (χ4v) is 0.793. The Bertz CT molecular complexity index is 291. The highest BCUT2D eigenvalue weighted by atomic mass is 16.5. The van der Waals surface area contributed by atoms with Crippen LogP contribution in [0.25, 0.3) is 5.57 Å². The second kappa shape index (κ2) is 11.8. The van der Waals surface area contributed by atoms with Crippen molar-refractivity contribution in [1.82, 2.24) is 5.16 Å². The van der Waals surface area contributed by atoms with E-state index in [9.17, 15) is 0 Å². The standard InChI is InChI=1S/C10H13NO.2C2H6/c1-8(2)4-5-9(3)10-6-7-12-11-10;2*1-2/h4-7H,1-3H3;2*1-2H3/b9-5+;;. The third-order valence-electron chi connectivity index (χ3n) is 1.51. The van der Waals surface area contributed by atoms with Crippen molar-refractivity contribution in [3.63, 3.8) is 0 Å². The normalized spacial score (nSPS) is 9.31. The summed E-state index contributed by atoms with van der Waals surface area (Å²) < 4.78 is 4.73. The number of rotatable bonds is 2. The Morgan fingerprint density at radius 3 is 2.00 bits per heavy atom. The van der Waals surface area contributed by atoms with E-state index in [0.29, 0.717) is 0 Å². The van der Waals surface area contributed by atoms with Gasteiger partial charge in [0, 0.05) is 6.07 Å². The Kier molecular flexibility index (Phi) is 12.6. The highest BCUT2D eigenvalue weighted by molar-refractivity contribution is 5.61. The van der Waals surface area contributed by atoms with Crippen LogP contribution in [0.1, 0.15) is 54.2 Å². The first kappa shape index (κ1) is 17.1. The van der Waals surface area contributed by atoms with E-state index in [0.717, 1.165) is 11.3 Å². The molecule has 2 nitrogen and oxygen atoms in total. The van der Waals surface area contributed by atoms with Gasteiger partial charge in [0.1, 0.15) is 12.0 Å². The molecule has 0 aliphatic carbocycles. The van der Waals surface area contributed by atoms with Crippen molar-refractivity contribution in [2.45, 2.75) is 48.5 Å². The second-order valence-electron chi connectivity index (χ2n) is 2.98. The molecule has 92 valence electrons. The molecule has 0 N–H and O–H groups in total.